The van der Waals surface area contributed by atoms with Crippen LogP contribution < -0.4 is 0 Å². The normalized spacial score (nSPS) is 17.4. The topological polar surface area (TPSA) is 33.2 Å². The average Bonchev–Trinajstić information content (AvgIpc) is 2.28. The highest BCUT2D eigenvalue weighted by Gasteiger charge is 2.18. The maximum absolute atomic E-state index is 12.4. The number of carbonyl (C=O) groups is 1. The Labute approximate surface area is 110 Å². The minimum atomic E-state index is 0.126. The van der Waals surface area contributed by atoms with Crippen LogP contribution in [0.15, 0.2) is 22.9 Å². The lowest BCUT2D eigenvalue weighted by atomic mass is 10.1. The van der Waals surface area contributed by atoms with Crippen LogP contribution in [-0.4, -0.2) is 28.9 Å². The van der Waals surface area contributed by atoms with Gasteiger partial charge in [0.05, 0.1) is 5.56 Å². The fourth-order valence-corrected chi connectivity index (χ4v) is 2.59. The Morgan fingerprint density at radius 1 is 1.18 bits per heavy atom. The molecule has 0 aromatic carbocycles. The molecule has 1 aromatic rings. The largest absolute Gasteiger partial charge is 0.339 e. The van der Waals surface area contributed by atoms with Crippen LogP contribution in [0, 0.1) is 0 Å². The predicted molar refractivity (Wildman–Crippen MR) is 70.9 cm³/mol. The zero-order valence-electron chi connectivity index (χ0n) is 9.86. The van der Waals surface area contributed by atoms with Gasteiger partial charge in [0.2, 0.25) is 0 Å². The highest BCUT2D eigenvalue weighted by molar-refractivity contribution is 9.10. The van der Waals surface area contributed by atoms with Crippen LogP contribution >= 0.6 is 15.9 Å². The van der Waals surface area contributed by atoms with Gasteiger partial charge in [-0.15, -0.1) is 0 Å². The highest BCUT2D eigenvalue weighted by Crippen LogP contribution is 2.19. The van der Waals surface area contributed by atoms with Crippen LogP contribution in [0.25, 0.3) is 0 Å². The van der Waals surface area contributed by atoms with Crippen molar-refractivity contribution >= 4 is 21.8 Å². The van der Waals surface area contributed by atoms with Gasteiger partial charge in [-0.3, -0.25) is 9.78 Å². The van der Waals surface area contributed by atoms with Crippen LogP contribution in [0.4, 0.5) is 0 Å². The van der Waals surface area contributed by atoms with Crippen molar-refractivity contribution in [2.45, 2.75) is 32.1 Å². The minimum absolute atomic E-state index is 0.126. The molecule has 92 valence electrons. The van der Waals surface area contributed by atoms with E-state index in [1.807, 2.05) is 4.90 Å². The molecular weight excluding hydrogens is 280 g/mol. The summed E-state index contributed by atoms with van der Waals surface area (Å²) in [6.45, 7) is 1.77. The summed E-state index contributed by atoms with van der Waals surface area (Å²) in [6, 6.07) is 1.78. The van der Waals surface area contributed by atoms with Crippen molar-refractivity contribution in [1.29, 1.82) is 0 Å². The van der Waals surface area contributed by atoms with Gasteiger partial charge in [-0.25, -0.2) is 0 Å². The number of hydrogen-bond acceptors (Lipinski definition) is 2. The molecule has 0 unspecified atom stereocenters. The predicted octanol–water partition coefficient (Wildman–Crippen LogP) is 3.25. The van der Waals surface area contributed by atoms with Gasteiger partial charge >= 0.3 is 0 Å². The van der Waals surface area contributed by atoms with E-state index in [1.165, 1.54) is 19.3 Å². The maximum Gasteiger partial charge on any atom is 0.255 e. The molecule has 2 heterocycles. The Kier molecular flexibility index (Phi) is 4.54. The second-order valence-electron chi connectivity index (χ2n) is 4.42. The molecule has 17 heavy (non-hydrogen) atoms. The molecule has 0 bridgehead atoms. The Morgan fingerprint density at radius 2 is 1.82 bits per heavy atom. The second-order valence-corrected chi connectivity index (χ2v) is 5.27. The van der Waals surface area contributed by atoms with Gasteiger partial charge in [-0.05, 0) is 34.8 Å². The fourth-order valence-electron chi connectivity index (χ4n) is 2.17. The lowest BCUT2D eigenvalue weighted by Crippen LogP contribution is -2.34. The Bertz CT molecular complexity index is 387. The molecule has 1 fully saturated rings. The van der Waals surface area contributed by atoms with E-state index < -0.39 is 0 Å². The van der Waals surface area contributed by atoms with Gasteiger partial charge in [0.25, 0.3) is 5.91 Å². The molecule has 0 radical (unpaired) electrons. The van der Waals surface area contributed by atoms with Crippen LogP contribution in [0.3, 0.4) is 0 Å². The summed E-state index contributed by atoms with van der Waals surface area (Å²) in [5.41, 5.74) is 0.723. The fraction of sp³-hybridized carbons (Fsp3) is 0.538. The van der Waals surface area contributed by atoms with Gasteiger partial charge < -0.3 is 4.90 Å². The summed E-state index contributed by atoms with van der Waals surface area (Å²) in [5.74, 6) is 0.126. The Hall–Kier alpha value is -0.900. The minimum Gasteiger partial charge on any atom is -0.339 e. The molecule has 1 saturated heterocycles. The molecule has 0 aliphatic carbocycles. The first-order chi connectivity index (χ1) is 8.29. The van der Waals surface area contributed by atoms with E-state index in [2.05, 4.69) is 20.9 Å². The van der Waals surface area contributed by atoms with Gasteiger partial charge in [-0.1, -0.05) is 19.3 Å². The number of hydrogen-bond donors (Lipinski definition) is 0. The number of carbonyl (C=O) groups excluding carboxylic acids is 1. The molecule has 0 spiro atoms. The molecule has 0 saturated carbocycles. The first-order valence-corrected chi connectivity index (χ1v) is 6.97. The van der Waals surface area contributed by atoms with Gasteiger partial charge in [0.1, 0.15) is 0 Å². The average molecular weight is 297 g/mol. The number of aromatic nitrogens is 1. The van der Waals surface area contributed by atoms with Crippen molar-refractivity contribution in [3.05, 3.63) is 28.5 Å². The summed E-state index contributed by atoms with van der Waals surface area (Å²) in [7, 11) is 0. The van der Waals surface area contributed by atoms with E-state index >= 15 is 0 Å². The number of rotatable bonds is 1. The summed E-state index contributed by atoms with van der Waals surface area (Å²) in [4.78, 5) is 18.3. The van der Waals surface area contributed by atoms with Gasteiger partial charge in [-0.2, -0.15) is 0 Å². The Morgan fingerprint density at radius 3 is 2.47 bits per heavy atom. The lowest BCUT2D eigenvalue weighted by Gasteiger charge is -2.25. The molecular formula is C13H17BrN2O. The third-order valence-electron chi connectivity index (χ3n) is 3.15. The van der Waals surface area contributed by atoms with Gasteiger partial charge in [0.15, 0.2) is 0 Å². The summed E-state index contributed by atoms with van der Waals surface area (Å²) in [5, 5.41) is 0. The van der Waals surface area contributed by atoms with E-state index in [9.17, 15) is 4.79 Å². The van der Waals surface area contributed by atoms with Crippen LogP contribution in [0.2, 0.25) is 0 Å². The number of halogens is 1. The number of pyridine rings is 1. The zero-order chi connectivity index (χ0) is 12.1. The molecule has 1 aromatic heterocycles. The smallest absolute Gasteiger partial charge is 0.255 e. The number of nitrogens with zero attached hydrogens (tertiary/aromatic N) is 2. The first kappa shape index (κ1) is 12.6. The van der Waals surface area contributed by atoms with Gasteiger partial charge in [0, 0.05) is 30.0 Å². The van der Waals surface area contributed by atoms with E-state index in [0.717, 1.165) is 36.0 Å². The van der Waals surface area contributed by atoms with E-state index in [1.54, 1.807) is 18.5 Å². The summed E-state index contributed by atoms with van der Waals surface area (Å²) in [6.07, 6.45) is 9.37. The SMILES string of the molecule is O=C(c1ccncc1Br)N1CCCCCCC1. The standard InChI is InChI=1S/C13H17BrN2O/c14-12-10-15-7-6-11(12)13(17)16-8-4-2-1-3-5-9-16/h6-7,10H,1-5,8-9H2. The van der Waals surface area contributed by atoms with Crippen molar-refractivity contribution in [3.8, 4) is 0 Å². The van der Waals surface area contributed by atoms with E-state index in [4.69, 9.17) is 0 Å². The second kappa shape index (κ2) is 6.15. The molecule has 0 N–H and O–H groups in total. The van der Waals surface area contributed by atoms with Crippen molar-refractivity contribution in [1.82, 2.24) is 9.88 Å². The first-order valence-electron chi connectivity index (χ1n) is 6.18. The molecule has 1 aliphatic rings. The van der Waals surface area contributed by atoms with Crippen LogP contribution in [-0.2, 0) is 0 Å². The van der Waals surface area contributed by atoms with E-state index in [-0.39, 0.29) is 5.91 Å². The lowest BCUT2D eigenvalue weighted by molar-refractivity contribution is 0.0741. The van der Waals surface area contributed by atoms with Crippen molar-refractivity contribution in [3.63, 3.8) is 0 Å². The maximum atomic E-state index is 12.4. The van der Waals surface area contributed by atoms with E-state index in [0.29, 0.717) is 0 Å². The molecule has 1 amide bonds. The number of amides is 1. The zero-order valence-corrected chi connectivity index (χ0v) is 11.4. The third-order valence-corrected chi connectivity index (χ3v) is 3.78. The molecule has 3 nitrogen and oxygen atoms in total. The molecule has 4 heteroatoms. The molecule has 1 aliphatic heterocycles. The van der Waals surface area contributed by atoms with Crippen molar-refractivity contribution in [2.24, 2.45) is 0 Å². The highest BCUT2D eigenvalue weighted by atomic mass is 79.9. The van der Waals surface area contributed by atoms with Crippen LogP contribution in [0.1, 0.15) is 42.5 Å². The third kappa shape index (κ3) is 3.28. The molecule has 2 rings (SSSR count). The monoisotopic (exact) mass is 296 g/mol. The summed E-state index contributed by atoms with van der Waals surface area (Å²) >= 11 is 3.39. The quantitative estimate of drug-likeness (QED) is 0.797. The molecule has 0 atom stereocenters. The number of likely N-dealkylation sites (tertiary alicyclic amines) is 1. The van der Waals surface area contributed by atoms with Crippen molar-refractivity contribution < 1.29 is 4.79 Å². The summed E-state index contributed by atoms with van der Waals surface area (Å²) < 4.78 is 0.784. The Balaban J connectivity index is 2.10. The van der Waals surface area contributed by atoms with Crippen molar-refractivity contribution in [2.75, 3.05) is 13.1 Å². The van der Waals surface area contributed by atoms with Crippen LogP contribution in [0.5, 0.6) is 0 Å².